The van der Waals surface area contributed by atoms with Crippen molar-refractivity contribution in [2.75, 3.05) is 11.9 Å². The Morgan fingerprint density at radius 2 is 2.05 bits per heavy atom. The zero-order valence-electron chi connectivity index (χ0n) is 12.0. The van der Waals surface area contributed by atoms with Gasteiger partial charge in [-0.25, -0.2) is 14.4 Å². The first-order valence-corrected chi connectivity index (χ1v) is 7.10. The number of primary amides is 1. The molecule has 5 nitrogen and oxygen atoms in total. The van der Waals surface area contributed by atoms with Crippen molar-refractivity contribution >= 4 is 23.3 Å². The van der Waals surface area contributed by atoms with Gasteiger partial charge in [0.2, 0.25) is 5.91 Å². The Bertz CT molecular complexity index is 643. The number of aromatic nitrogens is 2. The molecule has 0 fully saturated rings. The van der Waals surface area contributed by atoms with Gasteiger partial charge in [-0.2, -0.15) is 0 Å². The van der Waals surface area contributed by atoms with Crippen LogP contribution < -0.4 is 11.1 Å². The minimum absolute atomic E-state index is 0.305. The number of halogens is 2. The van der Waals surface area contributed by atoms with Gasteiger partial charge in [0.15, 0.2) is 0 Å². The fourth-order valence-electron chi connectivity index (χ4n) is 2.03. The second-order valence-corrected chi connectivity index (χ2v) is 5.32. The van der Waals surface area contributed by atoms with Gasteiger partial charge in [-0.05, 0) is 31.0 Å². The zero-order valence-corrected chi connectivity index (χ0v) is 12.8. The summed E-state index contributed by atoms with van der Waals surface area (Å²) in [4.78, 5) is 19.7. The molecule has 22 heavy (non-hydrogen) atoms. The van der Waals surface area contributed by atoms with Crippen molar-refractivity contribution in [2.45, 2.75) is 13.3 Å². The molecule has 1 aromatic carbocycles. The van der Waals surface area contributed by atoms with Crippen molar-refractivity contribution in [2.24, 2.45) is 11.7 Å². The number of hydrogen-bond acceptors (Lipinski definition) is 4. The van der Waals surface area contributed by atoms with E-state index in [9.17, 15) is 9.18 Å². The van der Waals surface area contributed by atoms with Gasteiger partial charge in [-0.1, -0.05) is 23.7 Å². The van der Waals surface area contributed by atoms with Gasteiger partial charge in [-0.3, -0.25) is 4.79 Å². The minimum atomic E-state index is -0.445. The lowest BCUT2D eigenvalue weighted by Crippen LogP contribution is -2.31. The molecule has 0 radical (unpaired) electrons. The molecule has 1 heterocycles. The molecule has 1 atom stereocenters. The zero-order chi connectivity index (χ0) is 16.1. The van der Waals surface area contributed by atoms with E-state index in [1.54, 1.807) is 25.1 Å². The first kappa shape index (κ1) is 16.2. The van der Waals surface area contributed by atoms with Gasteiger partial charge in [-0.15, -0.1) is 0 Å². The quantitative estimate of drug-likeness (QED) is 0.800. The number of carbonyl (C=O) groups excluding carboxylic acids is 1. The van der Waals surface area contributed by atoms with Crippen molar-refractivity contribution in [1.82, 2.24) is 9.97 Å². The van der Waals surface area contributed by atoms with Crippen LogP contribution in [0, 0.1) is 18.7 Å². The van der Waals surface area contributed by atoms with Gasteiger partial charge < -0.3 is 11.1 Å². The van der Waals surface area contributed by atoms with E-state index in [2.05, 4.69) is 15.3 Å². The highest BCUT2D eigenvalue weighted by molar-refractivity contribution is 6.29. The largest absolute Gasteiger partial charge is 0.369 e. The number of amides is 1. The Kier molecular flexibility index (Phi) is 5.27. The number of hydrogen-bond donors (Lipinski definition) is 2. The summed E-state index contributed by atoms with van der Waals surface area (Å²) in [6.45, 7) is 2.03. The number of nitrogens with two attached hydrogens (primary N) is 1. The highest BCUT2D eigenvalue weighted by Gasteiger charge is 2.16. The monoisotopic (exact) mass is 322 g/mol. The van der Waals surface area contributed by atoms with Gasteiger partial charge in [0.1, 0.15) is 22.6 Å². The van der Waals surface area contributed by atoms with E-state index in [0.29, 0.717) is 29.8 Å². The SMILES string of the molecule is Cc1nc(Cl)cc(NC[C@H](Cc2ccc(F)cc2)C(N)=O)n1. The lowest BCUT2D eigenvalue weighted by molar-refractivity contribution is -0.121. The van der Waals surface area contributed by atoms with E-state index >= 15 is 0 Å². The van der Waals surface area contributed by atoms with Crippen LogP contribution in [0.3, 0.4) is 0 Å². The van der Waals surface area contributed by atoms with Crippen LogP contribution in [-0.2, 0) is 11.2 Å². The average Bonchev–Trinajstić information content (AvgIpc) is 2.44. The summed E-state index contributed by atoms with van der Waals surface area (Å²) in [5, 5.41) is 3.35. The van der Waals surface area contributed by atoms with Gasteiger partial charge in [0, 0.05) is 12.6 Å². The number of benzene rings is 1. The fraction of sp³-hybridized carbons (Fsp3) is 0.267. The van der Waals surface area contributed by atoms with Crippen molar-refractivity contribution in [1.29, 1.82) is 0 Å². The van der Waals surface area contributed by atoms with Crippen LogP contribution in [0.2, 0.25) is 5.15 Å². The lowest BCUT2D eigenvalue weighted by atomic mass is 9.98. The summed E-state index contributed by atoms with van der Waals surface area (Å²) in [5.41, 5.74) is 6.26. The normalized spacial score (nSPS) is 12.0. The molecule has 0 aliphatic rings. The van der Waals surface area contributed by atoms with Crippen molar-refractivity contribution in [3.8, 4) is 0 Å². The maximum absolute atomic E-state index is 12.9. The summed E-state index contributed by atoms with van der Waals surface area (Å²) < 4.78 is 12.9. The molecule has 116 valence electrons. The third-order valence-electron chi connectivity index (χ3n) is 3.13. The summed E-state index contributed by atoms with van der Waals surface area (Å²) in [7, 11) is 0. The number of nitrogens with one attached hydrogen (secondary N) is 1. The summed E-state index contributed by atoms with van der Waals surface area (Å²) >= 11 is 5.85. The molecule has 3 N–H and O–H groups in total. The standard InChI is InChI=1S/C15H16ClFN4O/c1-9-20-13(16)7-14(21-9)19-8-11(15(18)22)6-10-2-4-12(17)5-3-10/h2-5,7,11H,6,8H2,1H3,(H2,18,22)(H,19,20,21)/t11-/m0/s1. The molecule has 0 aliphatic carbocycles. The molecular weight excluding hydrogens is 307 g/mol. The van der Waals surface area contributed by atoms with Crippen LogP contribution in [-0.4, -0.2) is 22.4 Å². The molecule has 2 aromatic rings. The lowest BCUT2D eigenvalue weighted by Gasteiger charge is -2.15. The Balaban J connectivity index is 2.02. The predicted octanol–water partition coefficient (Wildman–Crippen LogP) is 2.33. The van der Waals surface area contributed by atoms with Gasteiger partial charge >= 0.3 is 0 Å². The van der Waals surface area contributed by atoms with E-state index in [4.69, 9.17) is 17.3 Å². The topological polar surface area (TPSA) is 80.9 Å². The Hall–Kier alpha value is -2.21. The number of carbonyl (C=O) groups is 1. The smallest absolute Gasteiger partial charge is 0.222 e. The Morgan fingerprint density at radius 3 is 2.64 bits per heavy atom. The number of rotatable bonds is 6. The Labute approximate surface area is 132 Å². The van der Waals surface area contributed by atoms with Crippen LogP contribution in [0.25, 0.3) is 0 Å². The third kappa shape index (κ3) is 4.66. The summed E-state index contributed by atoms with van der Waals surface area (Å²) in [6.07, 6.45) is 0.417. The molecule has 1 aromatic heterocycles. The van der Waals surface area contributed by atoms with E-state index in [0.717, 1.165) is 5.56 Å². The Morgan fingerprint density at radius 1 is 1.36 bits per heavy atom. The van der Waals surface area contributed by atoms with E-state index in [-0.39, 0.29) is 5.82 Å². The molecule has 0 unspecified atom stereocenters. The third-order valence-corrected chi connectivity index (χ3v) is 3.33. The second-order valence-electron chi connectivity index (χ2n) is 4.93. The highest BCUT2D eigenvalue weighted by atomic mass is 35.5. The molecular formula is C15H16ClFN4O. The molecule has 2 rings (SSSR count). The molecule has 0 spiro atoms. The van der Waals surface area contributed by atoms with E-state index < -0.39 is 11.8 Å². The number of anilines is 1. The van der Waals surface area contributed by atoms with Crippen LogP contribution in [0.15, 0.2) is 30.3 Å². The van der Waals surface area contributed by atoms with Crippen LogP contribution in [0.5, 0.6) is 0 Å². The maximum atomic E-state index is 12.9. The molecule has 0 aliphatic heterocycles. The van der Waals surface area contributed by atoms with Crippen molar-refractivity contribution < 1.29 is 9.18 Å². The van der Waals surface area contributed by atoms with Crippen molar-refractivity contribution in [3.63, 3.8) is 0 Å². The average molecular weight is 323 g/mol. The predicted molar refractivity (Wildman–Crippen MR) is 83.1 cm³/mol. The van der Waals surface area contributed by atoms with Crippen LogP contribution in [0.1, 0.15) is 11.4 Å². The summed E-state index contributed by atoms with van der Waals surface area (Å²) in [5.74, 6) is -0.135. The molecule has 1 amide bonds. The molecule has 7 heteroatoms. The van der Waals surface area contributed by atoms with Gasteiger partial charge in [0.25, 0.3) is 0 Å². The van der Waals surface area contributed by atoms with E-state index in [1.807, 2.05) is 0 Å². The van der Waals surface area contributed by atoms with Crippen LogP contribution in [0.4, 0.5) is 10.2 Å². The fourth-order valence-corrected chi connectivity index (χ4v) is 2.25. The number of aryl methyl sites for hydroxylation is 1. The maximum Gasteiger partial charge on any atom is 0.222 e. The summed E-state index contributed by atoms with van der Waals surface area (Å²) in [6, 6.07) is 7.56. The van der Waals surface area contributed by atoms with Crippen molar-refractivity contribution in [3.05, 3.63) is 52.7 Å². The second kappa shape index (κ2) is 7.17. The molecule has 0 saturated carbocycles. The first-order chi connectivity index (χ1) is 10.4. The number of nitrogens with zero attached hydrogens (tertiary/aromatic N) is 2. The highest BCUT2D eigenvalue weighted by Crippen LogP contribution is 2.14. The minimum Gasteiger partial charge on any atom is -0.369 e. The first-order valence-electron chi connectivity index (χ1n) is 6.73. The van der Waals surface area contributed by atoms with Crippen LogP contribution >= 0.6 is 11.6 Å². The van der Waals surface area contributed by atoms with Gasteiger partial charge in [0.05, 0.1) is 5.92 Å². The molecule has 0 saturated heterocycles. The van der Waals surface area contributed by atoms with E-state index in [1.165, 1.54) is 12.1 Å². The molecule has 0 bridgehead atoms.